The van der Waals surface area contributed by atoms with Crippen LogP contribution >= 0.6 is 0 Å². The van der Waals surface area contributed by atoms with E-state index in [4.69, 9.17) is 4.74 Å². The third-order valence-corrected chi connectivity index (χ3v) is 3.99. The van der Waals surface area contributed by atoms with Gasteiger partial charge >= 0.3 is 0 Å². The normalized spacial score (nSPS) is 11.9. The zero-order valence-electron chi connectivity index (χ0n) is 14.3. The minimum absolute atomic E-state index is 0.0367. The molecular formula is C16H20N4O4. The summed E-state index contributed by atoms with van der Waals surface area (Å²) < 4.78 is 6.79. The minimum Gasteiger partial charge on any atom is -0.497 e. The Labute approximate surface area is 139 Å². The Balaban J connectivity index is 2.34. The molecule has 1 aromatic heterocycles. The number of carbonyl (C=O) groups is 1. The maximum Gasteiger partial charge on any atom is 0.282 e. The number of benzene rings is 1. The number of nitro groups is 1. The summed E-state index contributed by atoms with van der Waals surface area (Å²) in [5.41, 5.74) is 2.34. The molecule has 8 nitrogen and oxygen atoms in total. The number of nitrogens with one attached hydrogen (secondary N) is 1. The average molecular weight is 332 g/mol. The van der Waals surface area contributed by atoms with Gasteiger partial charge in [-0.05, 0) is 32.9 Å². The monoisotopic (exact) mass is 332 g/mol. The number of nitrogens with zero attached hydrogens (tertiary/aromatic N) is 3. The summed E-state index contributed by atoms with van der Waals surface area (Å²) >= 11 is 0. The van der Waals surface area contributed by atoms with Crippen LogP contribution in [0.1, 0.15) is 40.3 Å². The highest BCUT2D eigenvalue weighted by molar-refractivity contribution is 5.98. The molecule has 2 aromatic rings. The minimum atomic E-state index is -0.584. The van der Waals surface area contributed by atoms with Crippen molar-refractivity contribution < 1.29 is 14.5 Å². The predicted molar refractivity (Wildman–Crippen MR) is 88.2 cm³/mol. The van der Waals surface area contributed by atoms with Crippen LogP contribution in [0.25, 0.3) is 0 Å². The van der Waals surface area contributed by atoms with Gasteiger partial charge in [0.15, 0.2) is 0 Å². The number of ether oxygens (including phenoxy) is 1. The fourth-order valence-corrected chi connectivity index (χ4v) is 2.75. The third-order valence-electron chi connectivity index (χ3n) is 3.99. The lowest BCUT2D eigenvalue weighted by atomic mass is 10.1. The van der Waals surface area contributed by atoms with Crippen LogP contribution in [0.15, 0.2) is 18.2 Å². The summed E-state index contributed by atoms with van der Waals surface area (Å²) in [7, 11) is 3.26. The first kappa shape index (κ1) is 17.5. The largest absolute Gasteiger partial charge is 0.497 e. The second kappa shape index (κ2) is 6.69. The molecule has 128 valence electrons. The number of amides is 1. The zero-order valence-corrected chi connectivity index (χ0v) is 14.3. The summed E-state index contributed by atoms with van der Waals surface area (Å²) in [5, 5.41) is 18.3. The molecule has 0 saturated heterocycles. The van der Waals surface area contributed by atoms with Crippen LogP contribution in [-0.4, -0.2) is 27.7 Å². The highest BCUT2D eigenvalue weighted by Crippen LogP contribution is 2.26. The Morgan fingerprint density at radius 2 is 2.08 bits per heavy atom. The van der Waals surface area contributed by atoms with E-state index in [1.165, 1.54) is 25.3 Å². The van der Waals surface area contributed by atoms with E-state index in [2.05, 4.69) is 10.4 Å². The van der Waals surface area contributed by atoms with Gasteiger partial charge < -0.3 is 10.1 Å². The van der Waals surface area contributed by atoms with E-state index in [0.717, 1.165) is 17.0 Å². The first-order valence-corrected chi connectivity index (χ1v) is 7.39. The van der Waals surface area contributed by atoms with Crippen LogP contribution in [-0.2, 0) is 7.05 Å². The van der Waals surface area contributed by atoms with Crippen molar-refractivity contribution >= 4 is 11.6 Å². The number of hydrogen-bond acceptors (Lipinski definition) is 5. The molecular weight excluding hydrogens is 312 g/mol. The maximum absolute atomic E-state index is 12.6. The summed E-state index contributed by atoms with van der Waals surface area (Å²) in [5.74, 6) is -0.150. The number of carbonyl (C=O) groups excluding carboxylic acids is 1. The Morgan fingerprint density at radius 3 is 2.58 bits per heavy atom. The molecule has 1 heterocycles. The lowest BCUT2D eigenvalue weighted by Gasteiger charge is -2.15. The molecule has 0 fully saturated rings. The molecule has 0 radical (unpaired) electrons. The van der Waals surface area contributed by atoms with Gasteiger partial charge in [0.25, 0.3) is 11.6 Å². The van der Waals surface area contributed by atoms with Crippen molar-refractivity contribution in [3.8, 4) is 5.75 Å². The standard InChI is InChI=1S/C16H20N4O4/c1-9(15-10(2)18-19(4)11(15)3)17-16(21)13-8-12(24-5)6-7-14(13)20(22)23/h6-9H,1-5H3,(H,17,21). The van der Waals surface area contributed by atoms with Gasteiger partial charge in [0.2, 0.25) is 0 Å². The second-order valence-corrected chi connectivity index (χ2v) is 5.54. The number of nitro benzene ring substituents is 1. The molecule has 8 heteroatoms. The maximum atomic E-state index is 12.6. The lowest BCUT2D eigenvalue weighted by molar-refractivity contribution is -0.385. The van der Waals surface area contributed by atoms with E-state index in [9.17, 15) is 14.9 Å². The van der Waals surface area contributed by atoms with Gasteiger partial charge in [-0.3, -0.25) is 19.6 Å². The van der Waals surface area contributed by atoms with E-state index in [1.807, 2.05) is 27.8 Å². The number of aromatic nitrogens is 2. The van der Waals surface area contributed by atoms with E-state index in [1.54, 1.807) is 4.68 Å². The molecule has 1 N–H and O–H groups in total. The first-order chi connectivity index (χ1) is 11.3. The molecule has 0 saturated carbocycles. The molecule has 1 atom stereocenters. The van der Waals surface area contributed by atoms with Gasteiger partial charge in [-0.15, -0.1) is 0 Å². The van der Waals surface area contributed by atoms with E-state index >= 15 is 0 Å². The van der Waals surface area contributed by atoms with Crippen LogP contribution in [0.2, 0.25) is 0 Å². The molecule has 1 unspecified atom stereocenters. The summed E-state index contributed by atoms with van der Waals surface area (Å²) in [4.78, 5) is 23.1. The SMILES string of the molecule is COc1ccc([N+](=O)[O-])c(C(=O)NC(C)c2c(C)nn(C)c2C)c1. The van der Waals surface area contributed by atoms with Crippen LogP contribution in [0.4, 0.5) is 5.69 Å². The van der Waals surface area contributed by atoms with Crippen molar-refractivity contribution in [2.24, 2.45) is 7.05 Å². The number of rotatable bonds is 5. The molecule has 0 spiro atoms. The van der Waals surface area contributed by atoms with Crippen molar-refractivity contribution in [3.63, 3.8) is 0 Å². The second-order valence-electron chi connectivity index (χ2n) is 5.54. The summed E-state index contributed by atoms with van der Waals surface area (Å²) in [6.45, 7) is 5.59. The van der Waals surface area contributed by atoms with Gasteiger partial charge in [0.05, 0.1) is 23.8 Å². The third kappa shape index (κ3) is 3.22. The van der Waals surface area contributed by atoms with E-state index in [-0.39, 0.29) is 17.3 Å². The molecule has 24 heavy (non-hydrogen) atoms. The fourth-order valence-electron chi connectivity index (χ4n) is 2.75. The van der Waals surface area contributed by atoms with Crippen molar-refractivity contribution in [1.82, 2.24) is 15.1 Å². The van der Waals surface area contributed by atoms with Crippen LogP contribution in [0.5, 0.6) is 5.75 Å². The van der Waals surface area contributed by atoms with Crippen LogP contribution in [0.3, 0.4) is 0 Å². The molecule has 1 amide bonds. The Morgan fingerprint density at radius 1 is 1.42 bits per heavy atom. The number of methoxy groups -OCH3 is 1. The van der Waals surface area contributed by atoms with E-state index in [0.29, 0.717) is 5.75 Å². The topological polar surface area (TPSA) is 99.3 Å². The van der Waals surface area contributed by atoms with Crippen molar-refractivity contribution in [3.05, 3.63) is 50.8 Å². The molecule has 0 aliphatic carbocycles. The van der Waals surface area contributed by atoms with Gasteiger partial charge in [0.1, 0.15) is 11.3 Å². The highest BCUT2D eigenvalue weighted by Gasteiger charge is 2.24. The van der Waals surface area contributed by atoms with E-state index < -0.39 is 10.8 Å². The molecule has 1 aromatic carbocycles. The van der Waals surface area contributed by atoms with Gasteiger partial charge in [-0.1, -0.05) is 0 Å². The average Bonchev–Trinajstić information content (AvgIpc) is 2.79. The number of aryl methyl sites for hydroxylation is 2. The Kier molecular flexibility index (Phi) is 4.87. The van der Waals surface area contributed by atoms with Crippen LogP contribution < -0.4 is 10.1 Å². The van der Waals surface area contributed by atoms with Gasteiger partial charge in [0, 0.05) is 24.4 Å². The Hall–Kier alpha value is -2.90. The lowest BCUT2D eigenvalue weighted by Crippen LogP contribution is -2.28. The molecule has 0 bridgehead atoms. The summed E-state index contributed by atoms with van der Waals surface area (Å²) in [6, 6.07) is 3.74. The van der Waals surface area contributed by atoms with Crippen molar-refractivity contribution in [2.45, 2.75) is 26.8 Å². The smallest absolute Gasteiger partial charge is 0.282 e. The Bertz CT molecular complexity index is 798. The predicted octanol–water partition coefficient (Wildman–Crippen LogP) is 2.44. The fraction of sp³-hybridized carbons (Fsp3) is 0.375. The number of hydrogen-bond donors (Lipinski definition) is 1. The van der Waals surface area contributed by atoms with Crippen LogP contribution in [0, 0.1) is 24.0 Å². The van der Waals surface area contributed by atoms with Crippen molar-refractivity contribution in [1.29, 1.82) is 0 Å². The highest BCUT2D eigenvalue weighted by atomic mass is 16.6. The molecule has 0 aliphatic rings. The first-order valence-electron chi connectivity index (χ1n) is 7.39. The molecule has 0 aliphatic heterocycles. The summed E-state index contributed by atoms with van der Waals surface area (Å²) in [6.07, 6.45) is 0. The zero-order chi connectivity index (χ0) is 18.0. The van der Waals surface area contributed by atoms with Crippen molar-refractivity contribution in [2.75, 3.05) is 7.11 Å². The quantitative estimate of drug-likeness (QED) is 0.669. The molecule has 2 rings (SSSR count). The van der Waals surface area contributed by atoms with Gasteiger partial charge in [-0.25, -0.2) is 0 Å². The van der Waals surface area contributed by atoms with Gasteiger partial charge in [-0.2, -0.15) is 5.10 Å².